The van der Waals surface area contributed by atoms with Gasteiger partial charge >= 0.3 is 5.97 Å². The van der Waals surface area contributed by atoms with Gasteiger partial charge in [-0.05, 0) is 31.7 Å². The average molecular weight is 249 g/mol. The van der Waals surface area contributed by atoms with Crippen LogP contribution in [0.15, 0.2) is 23.2 Å². The summed E-state index contributed by atoms with van der Waals surface area (Å²) in [5.41, 5.74) is 2.51. The summed E-state index contributed by atoms with van der Waals surface area (Å²) >= 11 is 1.73. The van der Waals surface area contributed by atoms with Crippen LogP contribution in [-0.2, 0) is 4.74 Å². The van der Waals surface area contributed by atoms with Crippen molar-refractivity contribution in [1.29, 1.82) is 0 Å². The predicted octanol–water partition coefficient (Wildman–Crippen LogP) is 2.66. The molecule has 1 heterocycles. The summed E-state index contributed by atoms with van der Waals surface area (Å²) in [6, 6.07) is 5.77. The highest BCUT2D eigenvalue weighted by Gasteiger charge is 2.29. The fourth-order valence-electron chi connectivity index (χ4n) is 1.89. The van der Waals surface area contributed by atoms with E-state index in [0.717, 1.165) is 16.9 Å². The van der Waals surface area contributed by atoms with E-state index >= 15 is 0 Å². The van der Waals surface area contributed by atoms with Crippen molar-refractivity contribution in [1.82, 2.24) is 0 Å². The zero-order valence-corrected chi connectivity index (χ0v) is 11.0. The van der Waals surface area contributed by atoms with Crippen molar-refractivity contribution < 1.29 is 9.53 Å². The third-order valence-electron chi connectivity index (χ3n) is 2.64. The molecule has 1 aromatic rings. The molecule has 17 heavy (non-hydrogen) atoms. The molecule has 2 rings (SSSR count). The Hall–Kier alpha value is -1.29. The Kier molecular flexibility index (Phi) is 3.52. The molecule has 1 aliphatic heterocycles. The molecule has 1 atom stereocenters. The summed E-state index contributed by atoms with van der Waals surface area (Å²) in [5.74, 6) is 1.10. The first-order valence-electron chi connectivity index (χ1n) is 5.52. The number of fused-ring (bicyclic) bond motifs is 1. The molecular weight excluding hydrogens is 234 g/mol. The van der Waals surface area contributed by atoms with Crippen molar-refractivity contribution in [2.75, 3.05) is 12.0 Å². The number of rotatable bonds is 3. The summed E-state index contributed by atoms with van der Waals surface area (Å²) < 4.78 is 5.23. The number of nitrogens with zero attached hydrogens (tertiary/aromatic N) is 1. The monoisotopic (exact) mass is 249 g/mol. The molecule has 4 heteroatoms. The van der Waals surface area contributed by atoms with Gasteiger partial charge in [0.15, 0.2) is 0 Å². The fraction of sp³-hybridized carbons (Fsp3) is 0.385. The molecule has 90 valence electrons. The van der Waals surface area contributed by atoms with Gasteiger partial charge in [0.1, 0.15) is 0 Å². The molecule has 0 N–H and O–H groups in total. The first-order chi connectivity index (χ1) is 8.13. The van der Waals surface area contributed by atoms with Gasteiger partial charge in [-0.1, -0.05) is 12.1 Å². The Morgan fingerprint density at radius 1 is 1.47 bits per heavy atom. The third kappa shape index (κ3) is 2.36. The second kappa shape index (κ2) is 4.92. The van der Waals surface area contributed by atoms with Gasteiger partial charge in [0.2, 0.25) is 5.90 Å². The van der Waals surface area contributed by atoms with Gasteiger partial charge in [-0.3, -0.25) is 0 Å². The van der Waals surface area contributed by atoms with E-state index in [9.17, 15) is 4.79 Å². The van der Waals surface area contributed by atoms with Crippen molar-refractivity contribution in [3.05, 3.63) is 34.9 Å². The van der Waals surface area contributed by atoms with E-state index < -0.39 is 0 Å². The summed E-state index contributed by atoms with van der Waals surface area (Å²) in [6.45, 7) is 3.99. The van der Waals surface area contributed by atoms with Gasteiger partial charge in [-0.25, -0.2) is 9.79 Å². The van der Waals surface area contributed by atoms with Crippen LogP contribution < -0.4 is 0 Å². The lowest BCUT2D eigenvalue weighted by Gasteiger charge is -2.06. The molecule has 0 radical (unpaired) electrons. The van der Waals surface area contributed by atoms with Gasteiger partial charge in [-0.2, -0.15) is 11.8 Å². The van der Waals surface area contributed by atoms with E-state index in [1.165, 1.54) is 0 Å². The quantitative estimate of drug-likeness (QED) is 0.773. The van der Waals surface area contributed by atoms with E-state index in [1.807, 2.05) is 32.2 Å². The number of thioether (sulfide) groups is 1. The lowest BCUT2D eigenvalue weighted by Crippen LogP contribution is -2.09. The van der Waals surface area contributed by atoms with Gasteiger partial charge < -0.3 is 4.74 Å². The zero-order chi connectivity index (χ0) is 12.4. The minimum Gasteiger partial charge on any atom is -0.404 e. The van der Waals surface area contributed by atoms with Crippen molar-refractivity contribution in [2.45, 2.75) is 19.9 Å². The van der Waals surface area contributed by atoms with Crippen molar-refractivity contribution in [3.8, 4) is 0 Å². The Morgan fingerprint density at radius 3 is 2.94 bits per heavy atom. The molecule has 1 unspecified atom stereocenters. The molecule has 0 saturated carbocycles. The van der Waals surface area contributed by atoms with Crippen molar-refractivity contribution in [3.63, 3.8) is 0 Å². The smallest absolute Gasteiger partial charge is 0.345 e. The van der Waals surface area contributed by atoms with Gasteiger partial charge in [-0.15, -0.1) is 0 Å². The number of carbonyl (C=O) groups is 1. The topological polar surface area (TPSA) is 38.7 Å². The lowest BCUT2D eigenvalue weighted by molar-refractivity contribution is 0.0736. The Labute approximate surface area is 105 Å². The number of hydrogen-bond acceptors (Lipinski definition) is 4. The number of hydrogen-bond donors (Lipinski definition) is 0. The minimum atomic E-state index is -0.293. The molecule has 0 bridgehead atoms. The van der Waals surface area contributed by atoms with Gasteiger partial charge in [0, 0.05) is 5.75 Å². The number of esters is 1. The largest absolute Gasteiger partial charge is 0.404 e. The Morgan fingerprint density at radius 2 is 2.24 bits per heavy atom. The van der Waals surface area contributed by atoms with Gasteiger partial charge in [0.05, 0.1) is 17.2 Å². The molecular formula is C13H15NO2S. The molecule has 1 aromatic carbocycles. The normalized spacial score (nSPS) is 18.1. The number of carbonyl (C=O) groups excluding carboxylic acids is 1. The summed E-state index contributed by atoms with van der Waals surface area (Å²) in [7, 11) is 0. The molecule has 0 amide bonds. The predicted molar refractivity (Wildman–Crippen MR) is 71.0 cm³/mol. The highest BCUT2D eigenvalue weighted by atomic mass is 32.2. The maximum atomic E-state index is 11.7. The molecule has 0 aromatic heterocycles. The molecule has 1 aliphatic rings. The SMILES string of the molecule is CSCC(C)N=C1OC(=O)c2cccc(C)c21. The molecule has 3 nitrogen and oxygen atoms in total. The zero-order valence-electron chi connectivity index (χ0n) is 10.2. The molecule has 0 spiro atoms. The molecule has 0 aliphatic carbocycles. The van der Waals surface area contributed by atoms with E-state index in [1.54, 1.807) is 17.8 Å². The number of benzene rings is 1. The number of ether oxygens (including phenoxy) is 1. The standard InChI is InChI=1S/C13H15NO2S/c1-8-5-4-6-10-11(8)12(16-13(10)15)14-9(2)7-17-3/h4-6,9H,7H2,1-3H3. The lowest BCUT2D eigenvalue weighted by atomic mass is 10.0. The van der Waals surface area contributed by atoms with Crippen molar-refractivity contribution in [2.24, 2.45) is 4.99 Å². The van der Waals surface area contributed by atoms with Crippen molar-refractivity contribution >= 4 is 23.6 Å². The van der Waals surface area contributed by atoms with Crippen LogP contribution in [-0.4, -0.2) is 29.9 Å². The number of aliphatic imine (C=N–C) groups is 1. The number of aryl methyl sites for hydroxylation is 1. The maximum absolute atomic E-state index is 11.7. The summed E-state index contributed by atoms with van der Waals surface area (Å²) in [5, 5.41) is 0. The fourth-order valence-corrected chi connectivity index (χ4v) is 2.44. The summed E-state index contributed by atoms with van der Waals surface area (Å²) in [4.78, 5) is 16.1. The Bertz CT molecular complexity index is 482. The molecule has 0 saturated heterocycles. The first kappa shape index (κ1) is 12.2. The van der Waals surface area contributed by atoms with Crippen LogP contribution in [0.3, 0.4) is 0 Å². The van der Waals surface area contributed by atoms with Crippen LogP contribution in [0.5, 0.6) is 0 Å². The van der Waals surface area contributed by atoms with Crippen LogP contribution in [0.1, 0.15) is 28.4 Å². The van der Waals surface area contributed by atoms with Crippen LogP contribution in [0.2, 0.25) is 0 Å². The Balaban J connectivity index is 2.39. The third-order valence-corrected chi connectivity index (χ3v) is 3.46. The van der Waals surface area contributed by atoms with Gasteiger partial charge in [0.25, 0.3) is 0 Å². The number of cyclic esters (lactones) is 1. The van der Waals surface area contributed by atoms with E-state index in [-0.39, 0.29) is 12.0 Å². The van der Waals surface area contributed by atoms with Crippen LogP contribution in [0, 0.1) is 6.92 Å². The highest BCUT2D eigenvalue weighted by Crippen LogP contribution is 2.24. The average Bonchev–Trinajstić information content (AvgIpc) is 2.57. The maximum Gasteiger partial charge on any atom is 0.345 e. The molecule has 0 fully saturated rings. The first-order valence-corrected chi connectivity index (χ1v) is 6.91. The van der Waals surface area contributed by atoms with Crippen LogP contribution in [0.25, 0.3) is 0 Å². The van der Waals surface area contributed by atoms with E-state index in [2.05, 4.69) is 4.99 Å². The van der Waals surface area contributed by atoms with Crippen LogP contribution in [0.4, 0.5) is 0 Å². The van der Waals surface area contributed by atoms with E-state index in [4.69, 9.17) is 4.74 Å². The second-order valence-electron chi connectivity index (χ2n) is 4.13. The second-order valence-corrected chi connectivity index (χ2v) is 5.04. The minimum absolute atomic E-state index is 0.151. The van der Waals surface area contributed by atoms with Crippen LogP contribution >= 0.6 is 11.8 Å². The van der Waals surface area contributed by atoms with E-state index in [0.29, 0.717) is 11.5 Å². The highest BCUT2D eigenvalue weighted by molar-refractivity contribution is 7.98. The summed E-state index contributed by atoms with van der Waals surface area (Å²) in [6.07, 6.45) is 2.04.